The average molecular weight is 490 g/mol. The van der Waals surface area contributed by atoms with E-state index in [-0.39, 0.29) is 5.03 Å². The van der Waals surface area contributed by atoms with Crippen molar-refractivity contribution in [3.63, 3.8) is 0 Å². The molecule has 0 aliphatic heterocycles. The molecule has 0 saturated heterocycles. The van der Waals surface area contributed by atoms with Gasteiger partial charge in [-0.15, -0.1) is 11.3 Å². The number of aromatic nitrogens is 2. The third-order valence-corrected chi connectivity index (χ3v) is 9.24. The molecular weight excluding hydrogens is 467 g/mol. The highest BCUT2D eigenvalue weighted by atomic mass is 32.3. The minimum absolute atomic E-state index is 0.206. The molecule has 2 aromatic carbocycles. The largest absolute Gasteiger partial charge is 0.416 e. The van der Waals surface area contributed by atoms with Crippen molar-refractivity contribution in [3.8, 4) is 21.7 Å². The van der Waals surface area contributed by atoms with Crippen molar-refractivity contribution in [2.75, 3.05) is 6.26 Å². The van der Waals surface area contributed by atoms with Gasteiger partial charge in [0.1, 0.15) is 5.03 Å². The predicted octanol–water partition coefficient (Wildman–Crippen LogP) is 6.19. The topological polar surface area (TPSA) is 68.9 Å². The molecule has 0 unspecified atom stereocenters. The van der Waals surface area contributed by atoms with Crippen LogP contribution in [-0.4, -0.2) is 20.4 Å². The van der Waals surface area contributed by atoms with E-state index in [9.17, 15) is 17.4 Å². The van der Waals surface area contributed by atoms with Crippen LogP contribution >= 0.6 is 11.3 Å². The summed E-state index contributed by atoms with van der Waals surface area (Å²) in [6.07, 6.45) is -0.849. The number of nitrogens with two attached hydrogens (primary N) is 1. The molecule has 4 aromatic rings. The first-order chi connectivity index (χ1) is 15.5. The number of halogens is 3. The number of hydrogen-bond acceptors (Lipinski definition) is 4. The number of pyridine rings is 1. The van der Waals surface area contributed by atoms with Gasteiger partial charge in [0.05, 0.1) is 21.1 Å². The highest BCUT2D eigenvalue weighted by Gasteiger charge is 2.33. The molecule has 0 bridgehead atoms. The minimum Gasteiger partial charge on any atom is -0.263 e. The SMILES string of the molecule is CCc1nc(-c2cccc(C(F)(F)F)c2)c(-c2ccnc(S(C)(N)(=O)c3ccccc3)c2)s1. The van der Waals surface area contributed by atoms with E-state index in [4.69, 9.17) is 5.14 Å². The van der Waals surface area contributed by atoms with Crippen LogP contribution < -0.4 is 5.14 Å². The number of nitrogens with zero attached hydrogens (tertiary/aromatic N) is 2. The van der Waals surface area contributed by atoms with Crippen LogP contribution in [0, 0.1) is 0 Å². The number of aryl methyl sites for hydroxylation is 1. The molecule has 4 nitrogen and oxygen atoms in total. The van der Waals surface area contributed by atoms with E-state index < -0.39 is 21.0 Å². The number of hydrogen-bond donors (Lipinski definition) is 1. The summed E-state index contributed by atoms with van der Waals surface area (Å²) in [4.78, 5) is 10.0. The second-order valence-electron chi connectivity index (χ2n) is 7.82. The summed E-state index contributed by atoms with van der Waals surface area (Å²) in [5.41, 5.74) is 0.706. The van der Waals surface area contributed by atoms with Gasteiger partial charge in [0.15, 0.2) is 0 Å². The Balaban J connectivity index is 1.87. The van der Waals surface area contributed by atoms with Gasteiger partial charge >= 0.3 is 6.18 Å². The van der Waals surface area contributed by atoms with Crippen LogP contribution in [0.2, 0.25) is 0 Å². The smallest absolute Gasteiger partial charge is 0.263 e. The van der Waals surface area contributed by atoms with Crippen LogP contribution in [0.15, 0.2) is 82.8 Å². The normalized spacial score (nSPS) is 13.5. The molecule has 0 spiro atoms. The maximum absolute atomic E-state index is 13.9. The van der Waals surface area contributed by atoms with Crippen LogP contribution in [0.25, 0.3) is 21.7 Å². The Bertz CT molecular complexity index is 1380. The molecule has 172 valence electrons. The zero-order valence-corrected chi connectivity index (χ0v) is 19.6. The Kier molecular flexibility index (Phi) is 5.76. The van der Waals surface area contributed by atoms with Gasteiger partial charge in [-0.1, -0.05) is 37.3 Å². The van der Waals surface area contributed by atoms with E-state index in [1.165, 1.54) is 29.9 Å². The molecule has 0 atom stereocenters. The second-order valence-corrected chi connectivity index (χ2v) is 12.6. The zero-order valence-electron chi connectivity index (χ0n) is 18.0. The van der Waals surface area contributed by atoms with Gasteiger partial charge in [-0.2, -0.15) is 13.2 Å². The summed E-state index contributed by atoms with van der Waals surface area (Å²) in [7, 11) is -3.98. The van der Waals surface area contributed by atoms with Crippen LogP contribution in [0.3, 0.4) is 0 Å². The lowest BCUT2D eigenvalue weighted by molar-refractivity contribution is -0.137. The van der Waals surface area contributed by atoms with Crippen molar-refractivity contribution in [2.45, 2.75) is 29.4 Å². The fourth-order valence-electron chi connectivity index (χ4n) is 3.46. The summed E-state index contributed by atoms with van der Waals surface area (Å²) in [6.45, 7) is 1.93. The van der Waals surface area contributed by atoms with Crippen molar-refractivity contribution >= 4 is 20.6 Å². The maximum atomic E-state index is 13.9. The molecule has 33 heavy (non-hydrogen) atoms. The Labute approximate surface area is 193 Å². The van der Waals surface area contributed by atoms with Crippen molar-refractivity contribution in [3.05, 3.63) is 83.5 Å². The predicted molar refractivity (Wildman–Crippen MR) is 126 cm³/mol. The zero-order chi connectivity index (χ0) is 23.9. The molecule has 0 aliphatic rings. The summed E-state index contributed by atoms with van der Waals surface area (Å²) in [6, 6.07) is 17.2. The monoisotopic (exact) mass is 489 g/mol. The number of thiazole rings is 1. The molecule has 2 aromatic heterocycles. The minimum atomic E-state index is -4.46. The van der Waals surface area contributed by atoms with Gasteiger partial charge in [0.25, 0.3) is 0 Å². The van der Waals surface area contributed by atoms with Crippen LogP contribution in [0.4, 0.5) is 13.2 Å². The van der Waals surface area contributed by atoms with E-state index in [0.717, 1.165) is 17.1 Å². The van der Waals surface area contributed by atoms with Gasteiger partial charge in [-0.3, -0.25) is 9.35 Å². The van der Waals surface area contributed by atoms with Crippen molar-refractivity contribution in [2.24, 2.45) is 5.14 Å². The van der Waals surface area contributed by atoms with Crippen LogP contribution in [-0.2, 0) is 21.8 Å². The fraction of sp³-hybridized carbons (Fsp3) is 0.167. The molecule has 0 fully saturated rings. The second kappa shape index (κ2) is 8.16. The maximum Gasteiger partial charge on any atom is 0.416 e. The lowest BCUT2D eigenvalue weighted by atomic mass is 10.0. The van der Waals surface area contributed by atoms with E-state index in [2.05, 4.69) is 9.97 Å². The Morgan fingerprint density at radius 2 is 1.73 bits per heavy atom. The first-order valence-corrected chi connectivity index (χ1v) is 13.4. The number of rotatable bonds is 5. The van der Waals surface area contributed by atoms with Crippen molar-refractivity contribution in [1.29, 1.82) is 0 Å². The third kappa shape index (κ3) is 4.48. The Morgan fingerprint density at radius 3 is 2.39 bits per heavy atom. The van der Waals surface area contributed by atoms with E-state index in [1.54, 1.807) is 48.5 Å². The number of alkyl halides is 3. The first kappa shape index (κ1) is 23.3. The Morgan fingerprint density at radius 1 is 1.00 bits per heavy atom. The van der Waals surface area contributed by atoms with Crippen molar-refractivity contribution in [1.82, 2.24) is 9.97 Å². The molecule has 0 saturated carbocycles. The molecule has 9 heteroatoms. The average Bonchev–Trinajstić information content (AvgIpc) is 3.24. The molecule has 2 heterocycles. The molecule has 2 N–H and O–H groups in total. The van der Waals surface area contributed by atoms with E-state index >= 15 is 0 Å². The Hall–Kier alpha value is -2.88. The first-order valence-electron chi connectivity index (χ1n) is 10.1. The lowest BCUT2D eigenvalue weighted by Crippen LogP contribution is -2.42. The summed E-state index contributed by atoms with van der Waals surface area (Å²) >= 11 is 1.38. The molecule has 0 amide bonds. The van der Waals surface area contributed by atoms with Gasteiger partial charge in [0.2, 0.25) is 0 Å². The molecule has 0 aliphatic carbocycles. The number of benzene rings is 2. The summed E-state index contributed by atoms with van der Waals surface area (Å²) in [5, 5.41) is 7.43. The van der Waals surface area contributed by atoms with Gasteiger partial charge in [-0.05, 0) is 48.4 Å². The van der Waals surface area contributed by atoms with Gasteiger partial charge in [-0.25, -0.2) is 9.97 Å². The standard InChI is InChI=1S/C24H22F3N3OS2/c1-3-20-30-22(16-8-7-9-18(14-16)24(25,26)27)23(32-20)17-12-13-29-21(15-17)33(2,28,31)19-10-5-4-6-11-19/h4-15H,3H2,1-2H3,(H2,28,31). The van der Waals surface area contributed by atoms with Gasteiger partial charge in [0, 0.05) is 32.2 Å². The summed E-state index contributed by atoms with van der Waals surface area (Å²) in [5.74, 6) is 0. The van der Waals surface area contributed by atoms with E-state index in [1.807, 2.05) is 6.92 Å². The lowest BCUT2D eigenvalue weighted by Gasteiger charge is -2.33. The molecular formula is C24H22F3N3OS2. The van der Waals surface area contributed by atoms with Gasteiger partial charge < -0.3 is 0 Å². The third-order valence-electron chi connectivity index (χ3n) is 5.28. The quantitative estimate of drug-likeness (QED) is 0.363. The molecule has 0 radical (unpaired) electrons. The highest BCUT2D eigenvalue weighted by molar-refractivity contribution is 8.17. The van der Waals surface area contributed by atoms with E-state index in [0.29, 0.717) is 33.0 Å². The van der Waals surface area contributed by atoms with Crippen molar-refractivity contribution < 1.29 is 17.4 Å². The fourth-order valence-corrected chi connectivity index (χ4v) is 6.30. The molecule has 4 rings (SSSR count). The highest BCUT2D eigenvalue weighted by Crippen LogP contribution is 2.41. The van der Waals surface area contributed by atoms with Crippen LogP contribution in [0.1, 0.15) is 17.5 Å². The van der Waals surface area contributed by atoms with Crippen LogP contribution in [0.5, 0.6) is 0 Å². The summed E-state index contributed by atoms with van der Waals surface area (Å²) < 4.78 is 53.8.